The number of amides is 2. The fraction of sp³-hybridized carbons (Fsp3) is 0.240. The second-order valence-corrected chi connectivity index (χ2v) is 8.88. The number of nitrogens with one attached hydrogen (secondary N) is 1. The molecule has 3 unspecified atom stereocenters. The van der Waals surface area contributed by atoms with E-state index in [0.717, 1.165) is 11.8 Å². The number of carbonyl (C=O) groups excluding carboxylic acids is 5. The van der Waals surface area contributed by atoms with E-state index >= 15 is 0 Å². The Kier molecular flexibility index (Phi) is 8.02. The SMILES string of the molecule is COc1ccc(COC(=O)C2C(N=C=O)=CS[C@H]3C(NC(=O)C(OC=O)c4ccccc4)C(=O)N23)cc1. The standard InChI is InChI=1S/C25H21N3O8S/c1-34-17-9-7-15(8-10-17)11-35-25(33)20-18(26-13-29)12-37-24-19(23(32)28(20)24)27-22(31)21(36-14-30)16-5-3-2-4-6-16/h2-10,12,14,19-21,24H,11H2,1H3,(H,27,31)/t19?,20?,21?,24-/m0/s1. The first-order valence-electron chi connectivity index (χ1n) is 11.0. The first-order valence-corrected chi connectivity index (χ1v) is 11.9. The van der Waals surface area contributed by atoms with Gasteiger partial charge in [0, 0.05) is 5.56 Å². The molecular formula is C25H21N3O8S. The summed E-state index contributed by atoms with van der Waals surface area (Å²) in [5, 5.41) is 3.37. The molecule has 1 N–H and O–H groups in total. The molecule has 11 nitrogen and oxygen atoms in total. The molecule has 37 heavy (non-hydrogen) atoms. The summed E-state index contributed by atoms with van der Waals surface area (Å²) in [4.78, 5) is 65.6. The number of fused-ring (bicyclic) bond motifs is 1. The summed E-state index contributed by atoms with van der Waals surface area (Å²) in [5.74, 6) is -1.44. The number of carbonyl (C=O) groups is 4. The highest BCUT2D eigenvalue weighted by Gasteiger charge is 2.57. The molecule has 4 rings (SSSR count). The second kappa shape index (κ2) is 11.5. The van der Waals surface area contributed by atoms with E-state index in [2.05, 4.69) is 10.3 Å². The maximum absolute atomic E-state index is 13.1. The highest BCUT2D eigenvalue weighted by atomic mass is 32.2. The van der Waals surface area contributed by atoms with Gasteiger partial charge in [-0.2, -0.15) is 4.99 Å². The number of hydrogen-bond donors (Lipinski definition) is 1. The molecule has 1 saturated heterocycles. The molecule has 2 aromatic carbocycles. The van der Waals surface area contributed by atoms with Gasteiger partial charge in [0.1, 0.15) is 23.8 Å². The Labute approximate surface area is 215 Å². The largest absolute Gasteiger partial charge is 0.497 e. The molecule has 2 aliphatic rings. The first-order chi connectivity index (χ1) is 18.0. The van der Waals surface area contributed by atoms with Crippen LogP contribution in [-0.4, -0.2) is 59.8 Å². The molecular weight excluding hydrogens is 502 g/mol. The summed E-state index contributed by atoms with van der Waals surface area (Å²) in [7, 11) is 1.53. The molecule has 0 aliphatic carbocycles. The third-order valence-corrected chi connectivity index (χ3v) is 6.89. The van der Waals surface area contributed by atoms with Crippen LogP contribution in [0, 0.1) is 0 Å². The van der Waals surface area contributed by atoms with Crippen LogP contribution in [0.5, 0.6) is 5.75 Å². The van der Waals surface area contributed by atoms with E-state index in [-0.39, 0.29) is 18.8 Å². The average Bonchev–Trinajstić information content (AvgIpc) is 2.93. The van der Waals surface area contributed by atoms with Gasteiger partial charge in [0.25, 0.3) is 12.4 Å². The topological polar surface area (TPSA) is 141 Å². The van der Waals surface area contributed by atoms with Gasteiger partial charge in [-0.1, -0.05) is 42.5 Å². The van der Waals surface area contributed by atoms with Crippen molar-refractivity contribution in [2.24, 2.45) is 4.99 Å². The molecule has 1 fully saturated rings. The summed E-state index contributed by atoms with van der Waals surface area (Å²) in [6, 6.07) is 12.9. The average molecular weight is 524 g/mol. The zero-order chi connectivity index (χ0) is 26.4. The highest BCUT2D eigenvalue weighted by molar-refractivity contribution is 8.02. The van der Waals surface area contributed by atoms with Gasteiger partial charge < -0.3 is 24.4 Å². The van der Waals surface area contributed by atoms with E-state index < -0.39 is 41.3 Å². The maximum atomic E-state index is 13.1. The fourth-order valence-corrected chi connectivity index (χ4v) is 5.08. The Morgan fingerprint density at radius 1 is 1.19 bits per heavy atom. The zero-order valence-electron chi connectivity index (χ0n) is 19.4. The van der Waals surface area contributed by atoms with Crippen LogP contribution in [-0.2, 0) is 40.1 Å². The van der Waals surface area contributed by atoms with Crippen LogP contribution in [0.2, 0.25) is 0 Å². The summed E-state index contributed by atoms with van der Waals surface area (Å²) in [5.41, 5.74) is 1.11. The quantitative estimate of drug-likeness (QED) is 0.162. The predicted octanol–water partition coefficient (Wildman–Crippen LogP) is 1.60. The number of hydrogen-bond acceptors (Lipinski definition) is 10. The minimum Gasteiger partial charge on any atom is -0.497 e. The summed E-state index contributed by atoms with van der Waals surface area (Å²) < 4.78 is 15.5. The maximum Gasteiger partial charge on any atom is 0.335 e. The van der Waals surface area contributed by atoms with Crippen LogP contribution in [0.1, 0.15) is 17.2 Å². The molecule has 190 valence electrons. The van der Waals surface area contributed by atoms with Gasteiger partial charge in [0.2, 0.25) is 18.1 Å². The van der Waals surface area contributed by atoms with Crippen LogP contribution in [0.25, 0.3) is 0 Å². The minimum atomic E-state index is -1.29. The van der Waals surface area contributed by atoms with Crippen LogP contribution in [0.4, 0.5) is 0 Å². The van der Waals surface area contributed by atoms with Crippen LogP contribution in [0.15, 0.2) is 70.7 Å². The zero-order valence-corrected chi connectivity index (χ0v) is 20.3. The first kappa shape index (κ1) is 25.7. The van der Waals surface area contributed by atoms with Gasteiger partial charge in [-0.05, 0) is 23.1 Å². The van der Waals surface area contributed by atoms with Crippen molar-refractivity contribution in [3.05, 3.63) is 76.8 Å². The van der Waals surface area contributed by atoms with Crippen molar-refractivity contribution in [3.63, 3.8) is 0 Å². The number of rotatable bonds is 10. The van der Waals surface area contributed by atoms with Crippen molar-refractivity contribution >= 4 is 42.1 Å². The van der Waals surface area contributed by atoms with Crippen molar-refractivity contribution in [1.82, 2.24) is 10.2 Å². The lowest BCUT2D eigenvalue weighted by molar-refractivity contribution is -0.164. The number of thioether (sulfide) groups is 1. The number of ether oxygens (including phenoxy) is 3. The number of nitrogens with zero attached hydrogens (tertiary/aromatic N) is 2. The monoisotopic (exact) mass is 523 g/mol. The number of benzene rings is 2. The summed E-state index contributed by atoms with van der Waals surface area (Å²) in [6.45, 7) is 0.0714. The van der Waals surface area contributed by atoms with Crippen LogP contribution < -0.4 is 10.1 Å². The normalized spacial score (nSPS) is 20.7. The second-order valence-electron chi connectivity index (χ2n) is 7.89. The third-order valence-electron chi connectivity index (χ3n) is 5.73. The van der Waals surface area contributed by atoms with Crippen LogP contribution >= 0.6 is 11.8 Å². The highest BCUT2D eigenvalue weighted by Crippen LogP contribution is 2.41. The molecule has 0 saturated carbocycles. The van der Waals surface area contributed by atoms with E-state index in [9.17, 15) is 24.0 Å². The van der Waals surface area contributed by atoms with Gasteiger partial charge in [-0.3, -0.25) is 14.4 Å². The Bertz CT molecular complexity index is 1260. The van der Waals surface area contributed by atoms with Gasteiger partial charge >= 0.3 is 5.97 Å². The molecule has 0 bridgehead atoms. The minimum absolute atomic E-state index is 0.000516. The van der Waals surface area contributed by atoms with E-state index in [0.29, 0.717) is 16.9 Å². The molecule has 4 atom stereocenters. The molecule has 2 aromatic rings. The predicted molar refractivity (Wildman–Crippen MR) is 129 cm³/mol. The molecule has 0 radical (unpaired) electrons. The van der Waals surface area contributed by atoms with E-state index in [1.165, 1.54) is 23.5 Å². The van der Waals surface area contributed by atoms with Crippen molar-refractivity contribution in [3.8, 4) is 5.75 Å². The summed E-state index contributed by atoms with van der Waals surface area (Å²) >= 11 is 1.10. The Morgan fingerprint density at radius 3 is 2.57 bits per heavy atom. The molecule has 0 spiro atoms. The number of isocyanates is 1. The smallest absolute Gasteiger partial charge is 0.335 e. The molecule has 2 amide bonds. The molecule has 2 heterocycles. The van der Waals surface area contributed by atoms with Crippen molar-refractivity contribution in [2.45, 2.75) is 30.2 Å². The fourth-order valence-electron chi connectivity index (χ4n) is 3.92. The number of esters is 1. The van der Waals surface area contributed by atoms with Gasteiger partial charge in [-0.15, -0.1) is 11.8 Å². The Hall–Kier alpha value is -4.41. The number of aliphatic imine (C=N–C) groups is 1. The van der Waals surface area contributed by atoms with E-state index in [4.69, 9.17) is 14.2 Å². The van der Waals surface area contributed by atoms with Crippen molar-refractivity contribution in [1.29, 1.82) is 0 Å². The van der Waals surface area contributed by atoms with E-state index in [1.54, 1.807) is 54.6 Å². The lowest BCUT2D eigenvalue weighted by Gasteiger charge is -2.51. The lowest BCUT2D eigenvalue weighted by atomic mass is 10.00. The Balaban J connectivity index is 1.47. The van der Waals surface area contributed by atoms with Gasteiger partial charge in [0.15, 0.2) is 6.04 Å². The van der Waals surface area contributed by atoms with E-state index in [1.807, 2.05) is 0 Å². The molecule has 12 heteroatoms. The van der Waals surface area contributed by atoms with Crippen molar-refractivity contribution in [2.75, 3.05) is 7.11 Å². The van der Waals surface area contributed by atoms with Gasteiger partial charge in [-0.25, -0.2) is 9.59 Å². The molecule has 2 aliphatic heterocycles. The lowest BCUT2D eigenvalue weighted by Crippen LogP contribution is -2.74. The third kappa shape index (κ3) is 5.40. The van der Waals surface area contributed by atoms with Crippen LogP contribution in [0.3, 0.4) is 0 Å². The molecule has 0 aromatic heterocycles. The Morgan fingerprint density at radius 2 is 1.92 bits per heavy atom. The van der Waals surface area contributed by atoms with Crippen molar-refractivity contribution < 1.29 is 38.2 Å². The van der Waals surface area contributed by atoms with Gasteiger partial charge in [0.05, 0.1) is 12.8 Å². The number of methoxy groups -OCH3 is 1. The summed E-state index contributed by atoms with van der Waals surface area (Å²) in [6.07, 6.45) is 0.129. The number of β-lactam (4-membered cyclic amide) rings is 1.